The first kappa shape index (κ1) is 22.2. The molecule has 0 N–H and O–H groups in total. The van der Waals surface area contributed by atoms with Gasteiger partial charge < -0.3 is 18.9 Å². The number of nitrogens with zero attached hydrogens (tertiary/aromatic N) is 1. The largest absolute Gasteiger partial charge is 0.493 e. The number of sulfonamides is 1. The smallest absolute Gasteiger partial charge is 0.243 e. The van der Waals surface area contributed by atoms with Crippen LogP contribution >= 0.6 is 0 Å². The van der Waals surface area contributed by atoms with Crippen LogP contribution in [0.5, 0.6) is 23.0 Å². The average molecular weight is 436 g/mol. The summed E-state index contributed by atoms with van der Waals surface area (Å²) in [5.74, 6) is 2.17. The third kappa shape index (κ3) is 4.34. The van der Waals surface area contributed by atoms with Gasteiger partial charge in [-0.15, -0.1) is 0 Å². The first-order chi connectivity index (χ1) is 14.5. The number of benzene rings is 2. The molecule has 2 aromatic rings. The minimum Gasteiger partial charge on any atom is -0.493 e. The van der Waals surface area contributed by atoms with E-state index in [4.69, 9.17) is 18.9 Å². The summed E-state index contributed by atoms with van der Waals surface area (Å²) >= 11 is 0. The Morgan fingerprint density at radius 2 is 1.57 bits per heavy atom. The minimum absolute atomic E-state index is 0.196. The fraction of sp³-hybridized carbons (Fsp3) is 0.455. The summed E-state index contributed by atoms with van der Waals surface area (Å²) in [6.45, 7) is 5.07. The molecule has 1 saturated heterocycles. The van der Waals surface area contributed by atoms with Crippen molar-refractivity contribution in [1.29, 1.82) is 0 Å². The number of hydrogen-bond donors (Lipinski definition) is 0. The van der Waals surface area contributed by atoms with Gasteiger partial charge in [0.2, 0.25) is 10.0 Å². The maximum Gasteiger partial charge on any atom is 0.243 e. The van der Waals surface area contributed by atoms with Gasteiger partial charge in [0.25, 0.3) is 0 Å². The summed E-state index contributed by atoms with van der Waals surface area (Å²) in [5, 5.41) is 0. The first-order valence-electron chi connectivity index (χ1n) is 10.1. The van der Waals surface area contributed by atoms with Crippen LogP contribution < -0.4 is 18.9 Å². The lowest BCUT2D eigenvalue weighted by Gasteiger charge is -2.25. The van der Waals surface area contributed by atoms with Crippen LogP contribution in [0.1, 0.15) is 38.3 Å². The molecule has 0 saturated carbocycles. The van der Waals surface area contributed by atoms with Crippen LogP contribution in [0, 0.1) is 0 Å². The van der Waals surface area contributed by atoms with Crippen LogP contribution in [0.25, 0.3) is 0 Å². The van der Waals surface area contributed by atoms with Gasteiger partial charge in [-0.3, -0.25) is 0 Å². The van der Waals surface area contributed by atoms with Gasteiger partial charge in [-0.2, -0.15) is 4.31 Å². The molecule has 0 bridgehead atoms. The van der Waals surface area contributed by atoms with Crippen molar-refractivity contribution in [2.45, 2.75) is 37.6 Å². The second-order valence-corrected chi connectivity index (χ2v) is 8.75. The Bertz CT molecular complexity index is 976. The monoisotopic (exact) mass is 435 g/mol. The predicted octanol–water partition coefficient (Wildman–Crippen LogP) is 4.03. The Hall–Kier alpha value is -2.45. The van der Waals surface area contributed by atoms with Gasteiger partial charge >= 0.3 is 0 Å². The predicted molar refractivity (Wildman–Crippen MR) is 114 cm³/mol. The standard InChI is InChI=1S/C22H29NO6S/c1-5-28-20-12-10-17(15-22(20)29-6-2)30(24,25)23-13-7-8-18(23)16-9-11-19(26-3)21(14-16)27-4/h9-12,14-15,18H,5-8,13H2,1-4H3. The van der Waals surface area contributed by atoms with E-state index in [2.05, 4.69) is 0 Å². The van der Waals surface area contributed by atoms with Crippen LogP contribution in [-0.4, -0.2) is 46.7 Å². The van der Waals surface area contributed by atoms with Crippen molar-refractivity contribution in [3.63, 3.8) is 0 Å². The SMILES string of the molecule is CCOc1ccc(S(=O)(=O)N2CCCC2c2ccc(OC)c(OC)c2)cc1OCC. The van der Waals surface area contributed by atoms with Crippen molar-refractivity contribution in [3.05, 3.63) is 42.0 Å². The third-order valence-electron chi connectivity index (χ3n) is 5.12. The molecule has 1 atom stereocenters. The van der Waals surface area contributed by atoms with Crippen LogP contribution in [0.15, 0.2) is 41.3 Å². The molecule has 1 aliphatic heterocycles. The highest BCUT2D eigenvalue weighted by Gasteiger charge is 2.37. The van der Waals surface area contributed by atoms with Crippen LogP contribution in [-0.2, 0) is 10.0 Å². The van der Waals surface area contributed by atoms with Gasteiger partial charge in [-0.05, 0) is 56.5 Å². The molecule has 0 radical (unpaired) electrons. The summed E-state index contributed by atoms with van der Waals surface area (Å²) in [6, 6.07) is 10.1. The molecule has 7 nitrogen and oxygen atoms in total. The van der Waals surface area contributed by atoms with E-state index >= 15 is 0 Å². The minimum atomic E-state index is -3.72. The van der Waals surface area contributed by atoms with Gasteiger partial charge in [-0.1, -0.05) is 6.07 Å². The molecule has 8 heteroatoms. The normalized spacial score (nSPS) is 17.0. The van der Waals surface area contributed by atoms with Gasteiger partial charge in [-0.25, -0.2) is 8.42 Å². The zero-order valence-corrected chi connectivity index (χ0v) is 18.7. The van der Waals surface area contributed by atoms with Crippen molar-refractivity contribution in [2.24, 2.45) is 0 Å². The maximum absolute atomic E-state index is 13.5. The van der Waals surface area contributed by atoms with E-state index in [1.54, 1.807) is 42.8 Å². The molecule has 3 rings (SSSR count). The number of hydrogen-bond acceptors (Lipinski definition) is 6. The molecule has 1 heterocycles. The molecule has 164 valence electrons. The highest BCUT2D eigenvalue weighted by Crippen LogP contribution is 2.41. The van der Waals surface area contributed by atoms with E-state index in [0.717, 1.165) is 18.4 Å². The van der Waals surface area contributed by atoms with Gasteiger partial charge in [0.05, 0.1) is 38.4 Å². The summed E-state index contributed by atoms with van der Waals surface area (Å²) < 4.78 is 50.4. The summed E-state index contributed by atoms with van der Waals surface area (Å²) in [4.78, 5) is 0.196. The lowest BCUT2D eigenvalue weighted by molar-refractivity contribution is 0.287. The fourth-order valence-electron chi connectivity index (χ4n) is 3.75. The van der Waals surface area contributed by atoms with E-state index in [1.165, 1.54) is 0 Å². The zero-order valence-electron chi connectivity index (χ0n) is 17.9. The summed E-state index contributed by atoms with van der Waals surface area (Å²) in [5.41, 5.74) is 0.879. The van der Waals surface area contributed by atoms with Crippen molar-refractivity contribution < 1.29 is 27.4 Å². The Kier molecular flexibility index (Phi) is 7.10. The van der Waals surface area contributed by atoms with Crippen LogP contribution in [0.4, 0.5) is 0 Å². The first-order valence-corrected chi connectivity index (χ1v) is 11.5. The Balaban J connectivity index is 1.96. The highest BCUT2D eigenvalue weighted by atomic mass is 32.2. The van der Waals surface area contributed by atoms with E-state index in [1.807, 2.05) is 26.0 Å². The van der Waals surface area contributed by atoms with E-state index in [9.17, 15) is 8.42 Å². The molecule has 2 aromatic carbocycles. The summed E-state index contributed by atoms with van der Waals surface area (Å²) in [7, 11) is -0.574. The maximum atomic E-state index is 13.5. The molecular formula is C22H29NO6S. The van der Waals surface area contributed by atoms with Gasteiger partial charge in [0.15, 0.2) is 23.0 Å². The van der Waals surface area contributed by atoms with Crippen LogP contribution in [0.3, 0.4) is 0 Å². The summed E-state index contributed by atoms with van der Waals surface area (Å²) in [6.07, 6.45) is 1.53. The number of methoxy groups -OCH3 is 2. The molecule has 30 heavy (non-hydrogen) atoms. The number of rotatable bonds is 9. The quantitative estimate of drug-likeness (QED) is 0.592. The van der Waals surface area contributed by atoms with Gasteiger partial charge in [0, 0.05) is 12.6 Å². The molecule has 0 aromatic heterocycles. The molecule has 0 aliphatic carbocycles. The Morgan fingerprint density at radius 3 is 2.23 bits per heavy atom. The number of ether oxygens (including phenoxy) is 4. The van der Waals surface area contributed by atoms with Crippen molar-refractivity contribution in [3.8, 4) is 23.0 Å². The third-order valence-corrected chi connectivity index (χ3v) is 7.02. The van der Waals surface area contributed by atoms with E-state index < -0.39 is 10.0 Å². The van der Waals surface area contributed by atoms with Crippen molar-refractivity contribution in [1.82, 2.24) is 4.31 Å². The molecule has 0 amide bonds. The Morgan fingerprint density at radius 1 is 0.900 bits per heavy atom. The molecule has 1 fully saturated rings. The topological polar surface area (TPSA) is 74.3 Å². The second kappa shape index (κ2) is 9.57. The fourth-order valence-corrected chi connectivity index (χ4v) is 5.45. The van der Waals surface area contributed by atoms with E-state index in [0.29, 0.717) is 42.8 Å². The van der Waals surface area contributed by atoms with Crippen LogP contribution in [0.2, 0.25) is 0 Å². The molecular weight excluding hydrogens is 406 g/mol. The molecule has 0 spiro atoms. The van der Waals surface area contributed by atoms with E-state index in [-0.39, 0.29) is 10.9 Å². The van der Waals surface area contributed by atoms with Crippen molar-refractivity contribution in [2.75, 3.05) is 34.0 Å². The van der Waals surface area contributed by atoms with Gasteiger partial charge in [0.1, 0.15) is 0 Å². The van der Waals surface area contributed by atoms with Crippen molar-refractivity contribution >= 4 is 10.0 Å². The molecule has 1 unspecified atom stereocenters. The highest BCUT2D eigenvalue weighted by molar-refractivity contribution is 7.89. The lowest BCUT2D eigenvalue weighted by atomic mass is 10.0. The average Bonchev–Trinajstić information content (AvgIpc) is 3.25. The second-order valence-electron chi connectivity index (χ2n) is 6.86. The zero-order chi connectivity index (χ0) is 21.7. The Labute approximate surface area is 178 Å². The lowest BCUT2D eigenvalue weighted by Crippen LogP contribution is -2.30. The molecule has 1 aliphatic rings.